The summed E-state index contributed by atoms with van der Waals surface area (Å²) >= 11 is 0. The lowest BCUT2D eigenvalue weighted by Crippen LogP contribution is -2.34. The summed E-state index contributed by atoms with van der Waals surface area (Å²) in [6.45, 7) is 2.77. The zero-order valence-corrected chi connectivity index (χ0v) is 11.0. The summed E-state index contributed by atoms with van der Waals surface area (Å²) in [4.78, 5) is 11.1. The van der Waals surface area contributed by atoms with E-state index >= 15 is 0 Å². The molecule has 1 aliphatic rings. The number of carbonyl (C=O) groups excluding carboxylic acids is 1. The smallest absolute Gasteiger partial charge is 0.322 e. The van der Waals surface area contributed by atoms with E-state index < -0.39 is 6.04 Å². The Morgan fingerprint density at radius 2 is 2.12 bits per heavy atom. The highest BCUT2D eigenvalue weighted by Gasteiger charge is 2.24. The van der Waals surface area contributed by atoms with Gasteiger partial charge in [0.15, 0.2) is 0 Å². The maximum atomic E-state index is 11.1. The molecule has 0 saturated heterocycles. The van der Waals surface area contributed by atoms with E-state index in [4.69, 9.17) is 10.5 Å². The lowest BCUT2D eigenvalue weighted by molar-refractivity contribution is -0.142. The average Bonchev–Trinajstić information content (AvgIpc) is 2.38. The van der Waals surface area contributed by atoms with E-state index in [0.717, 1.165) is 6.42 Å². The fourth-order valence-electron chi connectivity index (χ4n) is 2.48. The second kappa shape index (κ2) is 7.67. The summed E-state index contributed by atoms with van der Waals surface area (Å²) in [5.41, 5.74) is 5.66. The Balaban J connectivity index is 2.22. The van der Waals surface area contributed by atoms with Crippen molar-refractivity contribution in [3.8, 4) is 0 Å². The summed E-state index contributed by atoms with van der Waals surface area (Å²) in [5.74, 6) is 0.322. The number of hydrogen-bond acceptors (Lipinski definition) is 4. The van der Waals surface area contributed by atoms with Crippen molar-refractivity contribution >= 4 is 5.97 Å². The predicted molar refractivity (Wildman–Crippen MR) is 66.6 cm³/mol. The Hall–Kier alpha value is -0.610. The van der Waals surface area contributed by atoms with Crippen LogP contribution in [0.3, 0.4) is 0 Å². The normalized spacial score (nSPS) is 26.5. The number of esters is 1. The monoisotopic (exact) mass is 243 g/mol. The zero-order valence-electron chi connectivity index (χ0n) is 11.0. The summed E-state index contributed by atoms with van der Waals surface area (Å²) in [5, 5.41) is 0. The van der Waals surface area contributed by atoms with Crippen LogP contribution in [0.5, 0.6) is 0 Å². The van der Waals surface area contributed by atoms with E-state index in [1.165, 1.54) is 32.8 Å². The van der Waals surface area contributed by atoms with Gasteiger partial charge in [-0.2, -0.15) is 0 Å². The van der Waals surface area contributed by atoms with Crippen molar-refractivity contribution in [3.05, 3.63) is 0 Å². The van der Waals surface area contributed by atoms with Crippen LogP contribution in [0.1, 0.15) is 45.4 Å². The second-order valence-electron chi connectivity index (χ2n) is 4.78. The maximum Gasteiger partial charge on any atom is 0.322 e. The molecule has 0 aromatic heterocycles. The van der Waals surface area contributed by atoms with Gasteiger partial charge in [0, 0.05) is 6.61 Å². The molecule has 3 atom stereocenters. The molecule has 4 nitrogen and oxygen atoms in total. The molecule has 100 valence electrons. The van der Waals surface area contributed by atoms with E-state index in [0.29, 0.717) is 25.0 Å². The van der Waals surface area contributed by atoms with E-state index in [2.05, 4.69) is 11.7 Å². The Kier molecular flexibility index (Phi) is 6.52. The Bertz CT molecular complexity index is 233. The fraction of sp³-hybridized carbons (Fsp3) is 0.923. The minimum atomic E-state index is -0.552. The zero-order chi connectivity index (χ0) is 12.7. The third-order valence-electron chi connectivity index (χ3n) is 3.63. The van der Waals surface area contributed by atoms with Gasteiger partial charge in [0.2, 0.25) is 0 Å². The molecule has 0 aromatic rings. The number of methoxy groups -OCH3 is 1. The van der Waals surface area contributed by atoms with Gasteiger partial charge in [-0.1, -0.05) is 26.2 Å². The molecule has 1 saturated carbocycles. The first-order chi connectivity index (χ1) is 8.19. The Labute approximate surface area is 104 Å². The van der Waals surface area contributed by atoms with Crippen LogP contribution in [0.25, 0.3) is 0 Å². The number of ether oxygens (including phenoxy) is 2. The number of hydrogen-bond donors (Lipinski definition) is 1. The van der Waals surface area contributed by atoms with Crippen LogP contribution in [0.15, 0.2) is 0 Å². The highest BCUT2D eigenvalue weighted by molar-refractivity contribution is 5.75. The molecule has 1 rings (SSSR count). The van der Waals surface area contributed by atoms with Crippen molar-refractivity contribution in [1.82, 2.24) is 0 Å². The van der Waals surface area contributed by atoms with Gasteiger partial charge in [0.25, 0.3) is 0 Å². The third kappa shape index (κ3) is 4.64. The second-order valence-corrected chi connectivity index (χ2v) is 4.78. The molecule has 0 amide bonds. The molecule has 0 aromatic carbocycles. The van der Waals surface area contributed by atoms with Gasteiger partial charge >= 0.3 is 5.97 Å². The number of carbonyl (C=O) groups is 1. The molecular formula is C13H25NO3. The molecule has 0 bridgehead atoms. The molecule has 0 heterocycles. The van der Waals surface area contributed by atoms with Crippen LogP contribution >= 0.6 is 0 Å². The number of nitrogens with two attached hydrogens (primary N) is 1. The lowest BCUT2D eigenvalue weighted by Gasteiger charge is -2.31. The van der Waals surface area contributed by atoms with Gasteiger partial charge in [-0.25, -0.2) is 0 Å². The highest BCUT2D eigenvalue weighted by Crippen LogP contribution is 2.29. The summed E-state index contributed by atoms with van der Waals surface area (Å²) in [6, 6.07) is -0.552. The first-order valence-electron chi connectivity index (χ1n) is 6.64. The van der Waals surface area contributed by atoms with Crippen molar-refractivity contribution in [3.63, 3.8) is 0 Å². The largest absolute Gasteiger partial charge is 0.468 e. The van der Waals surface area contributed by atoms with Crippen molar-refractivity contribution in [2.45, 2.75) is 57.6 Å². The van der Waals surface area contributed by atoms with Gasteiger partial charge in [-0.05, 0) is 25.2 Å². The first-order valence-corrected chi connectivity index (χ1v) is 6.64. The summed E-state index contributed by atoms with van der Waals surface area (Å²) < 4.78 is 10.4. The highest BCUT2D eigenvalue weighted by atomic mass is 16.5. The predicted octanol–water partition coefficient (Wildman–Crippen LogP) is 1.86. The van der Waals surface area contributed by atoms with Crippen LogP contribution in [0.2, 0.25) is 0 Å². The van der Waals surface area contributed by atoms with E-state index in [-0.39, 0.29) is 5.97 Å². The van der Waals surface area contributed by atoms with Crippen LogP contribution < -0.4 is 5.73 Å². The maximum absolute atomic E-state index is 11.1. The fourth-order valence-corrected chi connectivity index (χ4v) is 2.48. The molecule has 17 heavy (non-hydrogen) atoms. The van der Waals surface area contributed by atoms with Gasteiger partial charge in [0.05, 0.1) is 13.2 Å². The minimum Gasteiger partial charge on any atom is -0.468 e. The topological polar surface area (TPSA) is 61.5 Å². The molecule has 1 aliphatic carbocycles. The van der Waals surface area contributed by atoms with Gasteiger partial charge in [-0.3, -0.25) is 4.79 Å². The molecular weight excluding hydrogens is 218 g/mol. The van der Waals surface area contributed by atoms with Crippen LogP contribution in [-0.2, 0) is 14.3 Å². The van der Waals surface area contributed by atoms with E-state index in [1.807, 2.05) is 0 Å². The van der Waals surface area contributed by atoms with Crippen molar-refractivity contribution in [2.24, 2.45) is 11.7 Å². The summed E-state index contributed by atoms with van der Waals surface area (Å²) in [6.07, 6.45) is 7.06. The molecule has 0 aliphatic heterocycles. The molecule has 4 heteroatoms. The van der Waals surface area contributed by atoms with Gasteiger partial charge in [0.1, 0.15) is 6.04 Å². The van der Waals surface area contributed by atoms with Crippen LogP contribution in [0.4, 0.5) is 0 Å². The Morgan fingerprint density at radius 3 is 2.76 bits per heavy atom. The molecule has 1 fully saturated rings. The van der Waals surface area contributed by atoms with Crippen molar-refractivity contribution in [1.29, 1.82) is 0 Å². The molecule has 3 unspecified atom stereocenters. The quantitative estimate of drug-likeness (QED) is 0.723. The number of rotatable bonds is 6. The molecule has 2 N–H and O–H groups in total. The van der Waals surface area contributed by atoms with Crippen molar-refractivity contribution < 1.29 is 14.3 Å². The van der Waals surface area contributed by atoms with E-state index in [1.54, 1.807) is 0 Å². The molecule has 0 spiro atoms. The van der Waals surface area contributed by atoms with Crippen molar-refractivity contribution in [2.75, 3.05) is 13.7 Å². The minimum absolute atomic E-state index is 0.357. The van der Waals surface area contributed by atoms with Crippen LogP contribution in [0, 0.1) is 5.92 Å². The Morgan fingerprint density at radius 1 is 1.41 bits per heavy atom. The van der Waals surface area contributed by atoms with Gasteiger partial charge in [-0.15, -0.1) is 0 Å². The SMILES string of the molecule is CCC1CCCCC1OCCC(N)C(=O)OC. The average molecular weight is 243 g/mol. The lowest BCUT2D eigenvalue weighted by atomic mass is 9.85. The summed E-state index contributed by atoms with van der Waals surface area (Å²) in [7, 11) is 1.36. The van der Waals surface area contributed by atoms with Crippen LogP contribution in [-0.4, -0.2) is 31.8 Å². The van der Waals surface area contributed by atoms with E-state index in [9.17, 15) is 4.79 Å². The third-order valence-corrected chi connectivity index (χ3v) is 3.63. The first kappa shape index (κ1) is 14.5. The standard InChI is InChI=1S/C13H25NO3/c1-3-10-6-4-5-7-12(10)17-9-8-11(14)13(15)16-2/h10-12H,3-9,14H2,1-2H3. The molecule has 0 radical (unpaired) electrons. The van der Waals surface area contributed by atoms with Gasteiger partial charge < -0.3 is 15.2 Å².